The molecule has 0 saturated carbocycles. The normalized spacial score (nSPS) is 11.5. The first kappa shape index (κ1) is 15.1. The lowest BCUT2D eigenvalue weighted by Crippen LogP contribution is -2.04. The first-order chi connectivity index (χ1) is 10.6. The van der Waals surface area contributed by atoms with Crippen LogP contribution in [-0.2, 0) is 15.6 Å². The SMILES string of the molecule is COc1nsc(S(=O)(=O)Cc2nc(-c3ccccc3)cs2)n1. The molecule has 0 atom stereocenters. The smallest absolute Gasteiger partial charge is 0.329 e. The van der Waals surface area contributed by atoms with Crippen LogP contribution in [0, 0.1) is 0 Å². The van der Waals surface area contributed by atoms with Gasteiger partial charge in [-0.2, -0.15) is 4.98 Å². The van der Waals surface area contributed by atoms with Crippen LogP contribution in [0.1, 0.15) is 5.01 Å². The van der Waals surface area contributed by atoms with Crippen molar-refractivity contribution in [2.45, 2.75) is 10.1 Å². The number of nitrogens with zero attached hydrogens (tertiary/aromatic N) is 3. The number of sulfone groups is 1. The maximum absolute atomic E-state index is 12.3. The molecule has 0 amide bonds. The van der Waals surface area contributed by atoms with E-state index in [1.54, 1.807) is 0 Å². The number of rotatable bonds is 5. The Balaban J connectivity index is 1.83. The van der Waals surface area contributed by atoms with Crippen molar-refractivity contribution in [3.8, 4) is 17.3 Å². The lowest BCUT2D eigenvalue weighted by atomic mass is 10.2. The average molecular weight is 353 g/mol. The Kier molecular flexibility index (Phi) is 4.19. The monoisotopic (exact) mass is 353 g/mol. The van der Waals surface area contributed by atoms with Gasteiger partial charge in [-0.25, -0.2) is 13.4 Å². The Labute approximate surface area is 135 Å². The Morgan fingerprint density at radius 2 is 1.95 bits per heavy atom. The highest BCUT2D eigenvalue weighted by Crippen LogP contribution is 2.26. The summed E-state index contributed by atoms with van der Waals surface area (Å²) in [6.07, 6.45) is 0. The fraction of sp³-hybridized carbons (Fsp3) is 0.154. The molecule has 0 radical (unpaired) electrons. The minimum absolute atomic E-state index is 0.0548. The molecule has 3 aromatic rings. The summed E-state index contributed by atoms with van der Waals surface area (Å²) in [5, 5.41) is 2.37. The van der Waals surface area contributed by atoms with Gasteiger partial charge in [-0.3, -0.25) is 0 Å². The van der Waals surface area contributed by atoms with E-state index in [1.807, 2.05) is 35.7 Å². The standard InChI is InChI=1S/C13H11N3O3S3/c1-19-12-15-13(21-16-12)22(17,18)8-11-14-10(7-20-11)9-5-3-2-4-6-9/h2-7H,8H2,1H3. The van der Waals surface area contributed by atoms with Gasteiger partial charge >= 0.3 is 6.01 Å². The van der Waals surface area contributed by atoms with Gasteiger partial charge in [-0.15, -0.1) is 15.7 Å². The average Bonchev–Trinajstić information content (AvgIpc) is 3.17. The second-order valence-electron chi connectivity index (χ2n) is 4.30. The summed E-state index contributed by atoms with van der Waals surface area (Å²) < 4.78 is 33.2. The third-order valence-electron chi connectivity index (χ3n) is 2.77. The Hall–Kier alpha value is -1.84. The summed E-state index contributed by atoms with van der Waals surface area (Å²) in [5.74, 6) is -0.192. The van der Waals surface area contributed by atoms with Crippen LogP contribution in [0.15, 0.2) is 40.1 Å². The van der Waals surface area contributed by atoms with Gasteiger partial charge in [0, 0.05) is 22.5 Å². The highest BCUT2D eigenvalue weighted by atomic mass is 32.2. The zero-order chi connectivity index (χ0) is 15.6. The number of benzene rings is 1. The van der Waals surface area contributed by atoms with Crippen LogP contribution in [0.3, 0.4) is 0 Å². The topological polar surface area (TPSA) is 82.0 Å². The summed E-state index contributed by atoms with van der Waals surface area (Å²) in [4.78, 5) is 8.22. The fourth-order valence-electron chi connectivity index (χ4n) is 1.75. The third kappa shape index (κ3) is 3.16. The van der Waals surface area contributed by atoms with E-state index in [-0.39, 0.29) is 16.1 Å². The molecule has 0 aliphatic heterocycles. The Morgan fingerprint density at radius 1 is 1.18 bits per heavy atom. The molecule has 3 rings (SSSR count). The molecule has 0 saturated heterocycles. The van der Waals surface area contributed by atoms with E-state index in [2.05, 4.69) is 14.3 Å². The molecular weight excluding hydrogens is 342 g/mol. The van der Waals surface area contributed by atoms with Crippen molar-refractivity contribution in [3.05, 3.63) is 40.7 Å². The minimum atomic E-state index is -3.56. The molecular formula is C13H11N3O3S3. The quantitative estimate of drug-likeness (QED) is 0.701. The zero-order valence-electron chi connectivity index (χ0n) is 11.5. The third-order valence-corrected chi connectivity index (χ3v) is 6.56. The number of hydrogen-bond donors (Lipinski definition) is 0. The van der Waals surface area contributed by atoms with Gasteiger partial charge in [-0.1, -0.05) is 30.3 Å². The molecule has 0 N–H and O–H groups in total. The van der Waals surface area contributed by atoms with Crippen LogP contribution in [0.25, 0.3) is 11.3 Å². The molecule has 114 valence electrons. The predicted molar refractivity (Wildman–Crippen MR) is 84.9 cm³/mol. The summed E-state index contributed by atoms with van der Waals surface area (Å²) in [5.41, 5.74) is 1.73. The van der Waals surface area contributed by atoms with E-state index in [1.165, 1.54) is 18.4 Å². The van der Waals surface area contributed by atoms with Gasteiger partial charge in [0.1, 0.15) is 10.8 Å². The lowest BCUT2D eigenvalue weighted by Gasteiger charge is -1.97. The number of hydrogen-bond acceptors (Lipinski definition) is 8. The van der Waals surface area contributed by atoms with Crippen LogP contribution in [0.5, 0.6) is 6.01 Å². The number of methoxy groups -OCH3 is 1. The minimum Gasteiger partial charge on any atom is -0.466 e. The molecule has 0 bridgehead atoms. The van der Waals surface area contributed by atoms with Gasteiger partial charge in [0.05, 0.1) is 12.8 Å². The highest BCUT2D eigenvalue weighted by molar-refractivity contribution is 7.92. The number of ether oxygens (including phenoxy) is 1. The number of aromatic nitrogens is 3. The van der Waals surface area contributed by atoms with Crippen molar-refractivity contribution < 1.29 is 13.2 Å². The summed E-state index contributed by atoms with van der Waals surface area (Å²) in [7, 11) is -2.16. The second kappa shape index (κ2) is 6.11. The maximum atomic E-state index is 12.3. The maximum Gasteiger partial charge on any atom is 0.329 e. The summed E-state index contributed by atoms with van der Waals surface area (Å²) in [6, 6.07) is 9.68. The molecule has 22 heavy (non-hydrogen) atoms. The van der Waals surface area contributed by atoms with Crippen molar-refractivity contribution in [3.63, 3.8) is 0 Å². The summed E-state index contributed by atoms with van der Waals surface area (Å²) >= 11 is 2.12. The molecule has 0 aliphatic carbocycles. The van der Waals surface area contributed by atoms with Gasteiger partial charge < -0.3 is 4.74 Å². The molecule has 0 fully saturated rings. The molecule has 1 aromatic carbocycles. The lowest BCUT2D eigenvalue weighted by molar-refractivity contribution is 0.383. The molecule has 2 heterocycles. The molecule has 9 heteroatoms. The largest absolute Gasteiger partial charge is 0.466 e. The first-order valence-electron chi connectivity index (χ1n) is 6.19. The van der Waals surface area contributed by atoms with Gasteiger partial charge in [0.2, 0.25) is 14.2 Å². The molecule has 6 nitrogen and oxygen atoms in total. The van der Waals surface area contributed by atoms with E-state index >= 15 is 0 Å². The number of thiazole rings is 1. The molecule has 0 spiro atoms. The molecule has 2 aromatic heterocycles. The van der Waals surface area contributed by atoms with Crippen molar-refractivity contribution in [1.82, 2.24) is 14.3 Å². The van der Waals surface area contributed by atoms with E-state index in [9.17, 15) is 8.42 Å². The van der Waals surface area contributed by atoms with E-state index < -0.39 is 9.84 Å². The van der Waals surface area contributed by atoms with Crippen LogP contribution in [0.4, 0.5) is 0 Å². The van der Waals surface area contributed by atoms with Crippen LogP contribution in [-0.4, -0.2) is 29.9 Å². The van der Waals surface area contributed by atoms with E-state index in [4.69, 9.17) is 4.74 Å². The van der Waals surface area contributed by atoms with Crippen molar-refractivity contribution in [2.75, 3.05) is 7.11 Å². The van der Waals surface area contributed by atoms with Crippen LogP contribution >= 0.6 is 22.9 Å². The van der Waals surface area contributed by atoms with Crippen LogP contribution < -0.4 is 4.74 Å². The van der Waals surface area contributed by atoms with Crippen molar-refractivity contribution in [2.24, 2.45) is 0 Å². The van der Waals surface area contributed by atoms with Gasteiger partial charge in [-0.05, 0) is 0 Å². The van der Waals surface area contributed by atoms with Gasteiger partial charge in [0.25, 0.3) is 0 Å². The molecule has 0 unspecified atom stereocenters. The molecule has 0 aliphatic rings. The van der Waals surface area contributed by atoms with E-state index in [0.717, 1.165) is 22.8 Å². The Morgan fingerprint density at radius 3 is 2.64 bits per heavy atom. The fourth-order valence-corrected chi connectivity index (χ4v) is 4.94. The van der Waals surface area contributed by atoms with E-state index in [0.29, 0.717) is 5.01 Å². The zero-order valence-corrected chi connectivity index (χ0v) is 13.9. The van der Waals surface area contributed by atoms with Crippen molar-refractivity contribution in [1.29, 1.82) is 0 Å². The summed E-state index contributed by atoms with van der Waals surface area (Å²) in [6.45, 7) is 0. The second-order valence-corrected chi connectivity index (χ2v) is 8.16. The van der Waals surface area contributed by atoms with Crippen molar-refractivity contribution >= 4 is 32.7 Å². The Bertz CT molecular complexity index is 872. The van der Waals surface area contributed by atoms with Gasteiger partial charge in [0.15, 0.2) is 0 Å². The highest BCUT2D eigenvalue weighted by Gasteiger charge is 2.23. The van der Waals surface area contributed by atoms with Crippen LogP contribution in [0.2, 0.25) is 0 Å². The first-order valence-corrected chi connectivity index (χ1v) is 9.49. The predicted octanol–water partition coefficient (Wildman–Crippen LogP) is 2.64.